The Morgan fingerprint density at radius 1 is 1.50 bits per heavy atom. The molecule has 1 unspecified atom stereocenters. The van der Waals surface area contributed by atoms with Crippen molar-refractivity contribution in [1.82, 2.24) is 0 Å². The SMILES string of the molecule is CC1Cc2cc(CCCN)ccc2N1. The summed E-state index contributed by atoms with van der Waals surface area (Å²) < 4.78 is 0. The molecular weight excluding hydrogens is 172 g/mol. The predicted octanol–water partition coefficient (Wildman–Crippen LogP) is 1.93. The molecule has 76 valence electrons. The van der Waals surface area contributed by atoms with Gasteiger partial charge < -0.3 is 11.1 Å². The van der Waals surface area contributed by atoms with E-state index in [0.717, 1.165) is 25.8 Å². The van der Waals surface area contributed by atoms with Crippen LogP contribution in [0.3, 0.4) is 0 Å². The highest BCUT2D eigenvalue weighted by molar-refractivity contribution is 5.57. The minimum Gasteiger partial charge on any atom is -0.382 e. The summed E-state index contributed by atoms with van der Waals surface area (Å²) in [5.41, 5.74) is 9.70. The van der Waals surface area contributed by atoms with Crippen molar-refractivity contribution in [1.29, 1.82) is 0 Å². The van der Waals surface area contributed by atoms with Gasteiger partial charge in [0.1, 0.15) is 0 Å². The quantitative estimate of drug-likeness (QED) is 0.764. The zero-order chi connectivity index (χ0) is 9.97. The zero-order valence-electron chi connectivity index (χ0n) is 8.72. The van der Waals surface area contributed by atoms with E-state index in [1.165, 1.54) is 16.8 Å². The average molecular weight is 190 g/mol. The molecule has 0 fully saturated rings. The number of fused-ring (bicyclic) bond motifs is 1. The van der Waals surface area contributed by atoms with Crippen molar-refractivity contribution < 1.29 is 0 Å². The number of anilines is 1. The van der Waals surface area contributed by atoms with Crippen LogP contribution in [0.15, 0.2) is 18.2 Å². The lowest BCUT2D eigenvalue weighted by molar-refractivity contribution is 0.824. The molecule has 0 radical (unpaired) electrons. The molecule has 0 saturated heterocycles. The molecule has 3 N–H and O–H groups in total. The maximum Gasteiger partial charge on any atom is 0.0375 e. The fraction of sp³-hybridized carbons (Fsp3) is 0.500. The zero-order valence-corrected chi connectivity index (χ0v) is 8.72. The van der Waals surface area contributed by atoms with Gasteiger partial charge in [-0.15, -0.1) is 0 Å². The summed E-state index contributed by atoms with van der Waals surface area (Å²) in [5, 5.41) is 3.46. The van der Waals surface area contributed by atoms with E-state index in [-0.39, 0.29) is 0 Å². The molecule has 1 aliphatic rings. The van der Waals surface area contributed by atoms with Gasteiger partial charge in [0.2, 0.25) is 0 Å². The van der Waals surface area contributed by atoms with Crippen molar-refractivity contribution in [2.45, 2.75) is 32.2 Å². The predicted molar refractivity (Wildman–Crippen MR) is 60.6 cm³/mol. The number of benzene rings is 1. The normalized spacial score (nSPS) is 19.1. The molecule has 2 heteroatoms. The molecule has 2 nitrogen and oxygen atoms in total. The van der Waals surface area contributed by atoms with Gasteiger partial charge in [-0.25, -0.2) is 0 Å². The van der Waals surface area contributed by atoms with Crippen LogP contribution in [0.5, 0.6) is 0 Å². The molecule has 2 rings (SSSR count). The maximum absolute atomic E-state index is 5.50. The van der Waals surface area contributed by atoms with E-state index in [0.29, 0.717) is 6.04 Å². The van der Waals surface area contributed by atoms with Crippen LogP contribution in [0.2, 0.25) is 0 Å². The molecule has 1 aliphatic heterocycles. The van der Waals surface area contributed by atoms with Gasteiger partial charge in [0.05, 0.1) is 0 Å². The molecule has 1 aromatic carbocycles. The molecule has 0 bridgehead atoms. The molecule has 14 heavy (non-hydrogen) atoms. The van der Waals surface area contributed by atoms with Gasteiger partial charge in [-0.2, -0.15) is 0 Å². The Labute approximate surface area is 85.5 Å². The summed E-state index contributed by atoms with van der Waals surface area (Å²) in [5.74, 6) is 0. The van der Waals surface area contributed by atoms with Crippen LogP contribution in [0.1, 0.15) is 24.5 Å². The highest BCUT2D eigenvalue weighted by Gasteiger charge is 2.15. The number of aryl methyl sites for hydroxylation is 1. The Balaban J connectivity index is 2.12. The van der Waals surface area contributed by atoms with E-state index in [2.05, 4.69) is 30.4 Å². The van der Waals surface area contributed by atoms with E-state index >= 15 is 0 Å². The molecule has 1 aromatic rings. The Bertz CT molecular complexity index is 320. The van der Waals surface area contributed by atoms with E-state index in [1.54, 1.807) is 0 Å². The minimum atomic E-state index is 0.592. The first-order chi connectivity index (χ1) is 6.79. The van der Waals surface area contributed by atoms with Crippen molar-refractivity contribution in [2.75, 3.05) is 11.9 Å². The third kappa shape index (κ3) is 1.90. The lowest BCUT2D eigenvalue weighted by Gasteiger charge is -2.04. The Kier molecular flexibility index (Phi) is 2.73. The number of nitrogens with two attached hydrogens (primary N) is 1. The largest absolute Gasteiger partial charge is 0.382 e. The molecule has 0 spiro atoms. The number of hydrogen-bond acceptors (Lipinski definition) is 2. The molecular formula is C12H18N2. The first-order valence-electron chi connectivity index (χ1n) is 5.38. The second-order valence-electron chi connectivity index (χ2n) is 4.13. The fourth-order valence-electron chi connectivity index (χ4n) is 2.06. The van der Waals surface area contributed by atoms with Gasteiger partial charge in [-0.1, -0.05) is 12.1 Å². The summed E-state index contributed by atoms with van der Waals surface area (Å²) in [7, 11) is 0. The van der Waals surface area contributed by atoms with Gasteiger partial charge in [0, 0.05) is 11.7 Å². The highest BCUT2D eigenvalue weighted by Crippen LogP contribution is 2.26. The molecule has 1 heterocycles. The number of rotatable bonds is 3. The van der Waals surface area contributed by atoms with Crippen molar-refractivity contribution in [3.8, 4) is 0 Å². The summed E-state index contributed by atoms with van der Waals surface area (Å²) in [6.45, 7) is 3.01. The molecule has 1 atom stereocenters. The van der Waals surface area contributed by atoms with Gasteiger partial charge >= 0.3 is 0 Å². The molecule has 0 aromatic heterocycles. The first kappa shape index (κ1) is 9.53. The minimum absolute atomic E-state index is 0.592. The Morgan fingerprint density at radius 3 is 3.14 bits per heavy atom. The van der Waals surface area contributed by atoms with E-state index in [4.69, 9.17) is 5.73 Å². The second-order valence-corrected chi connectivity index (χ2v) is 4.13. The monoisotopic (exact) mass is 190 g/mol. The van der Waals surface area contributed by atoms with Gasteiger partial charge in [-0.05, 0) is 49.9 Å². The topological polar surface area (TPSA) is 38.0 Å². The third-order valence-corrected chi connectivity index (χ3v) is 2.77. The van der Waals surface area contributed by atoms with Gasteiger partial charge in [0.15, 0.2) is 0 Å². The van der Waals surface area contributed by atoms with Crippen LogP contribution < -0.4 is 11.1 Å². The van der Waals surface area contributed by atoms with Crippen LogP contribution >= 0.6 is 0 Å². The average Bonchev–Trinajstić information content (AvgIpc) is 2.54. The van der Waals surface area contributed by atoms with E-state index in [1.807, 2.05) is 0 Å². The fourth-order valence-corrected chi connectivity index (χ4v) is 2.06. The van der Waals surface area contributed by atoms with Crippen LogP contribution in [0.25, 0.3) is 0 Å². The van der Waals surface area contributed by atoms with Crippen molar-refractivity contribution in [2.24, 2.45) is 5.73 Å². The lowest BCUT2D eigenvalue weighted by atomic mass is 10.0. The summed E-state index contributed by atoms with van der Waals surface area (Å²) >= 11 is 0. The van der Waals surface area contributed by atoms with E-state index in [9.17, 15) is 0 Å². The summed E-state index contributed by atoms with van der Waals surface area (Å²) in [6.07, 6.45) is 3.35. The van der Waals surface area contributed by atoms with Crippen LogP contribution in [-0.2, 0) is 12.8 Å². The smallest absolute Gasteiger partial charge is 0.0375 e. The Hall–Kier alpha value is -1.02. The Morgan fingerprint density at radius 2 is 2.36 bits per heavy atom. The van der Waals surface area contributed by atoms with Crippen molar-refractivity contribution in [3.05, 3.63) is 29.3 Å². The standard InChI is InChI=1S/C12H18N2/c1-9-7-11-8-10(3-2-6-13)4-5-12(11)14-9/h4-5,8-9,14H,2-3,6-7,13H2,1H3. The van der Waals surface area contributed by atoms with E-state index < -0.39 is 0 Å². The summed E-state index contributed by atoms with van der Waals surface area (Å²) in [4.78, 5) is 0. The summed E-state index contributed by atoms with van der Waals surface area (Å²) in [6, 6.07) is 7.32. The van der Waals surface area contributed by atoms with Crippen LogP contribution in [0.4, 0.5) is 5.69 Å². The van der Waals surface area contributed by atoms with Crippen molar-refractivity contribution >= 4 is 5.69 Å². The van der Waals surface area contributed by atoms with Crippen LogP contribution in [-0.4, -0.2) is 12.6 Å². The van der Waals surface area contributed by atoms with Gasteiger partial charge in [-0.3, -0.25) is 0 Å². The van der Waals surface area contributed by atoms with Crippen molar-refractivity contribution in [3.63, 3.8) is 0 Å². The number of hydrogen-bond donors (Lipinski definition) is 2. The maximum atomic E-state index is 5.50. The second kappa shape index (κ2) is 4.01. The third-order valence-electron chi connectivity index (χ3n) is 2.77. The van der Waals surface area contributed by atoms with Crippen LogP contribution in [0, 0.1) is 0 Å². The number of nitrogens with one attached hydrogen (secondary N) is 1. The highest BCUT2D eigenvalue weighted by atomic mass is 14.9. The molecule has 0 saturated carbocycles. The molecule has 0 amide bonds. The van der Waals surface area contributed by atoms with Gasteiger partial charge in [0.25, 0.3) is 0 Å². The lowest BCUT2D eigenvalue weighted by Crippen LogP contribution is -2.08. The molecule has 0 aliphatic carbocycles. The first-order valence-corrected chi connectivity index (χ1v) is 5.38.